The lowest BCUT2D eigenvalue weighted by Gasteiger charge is -2.25. The fraction of sp³-hybridized carbons (Fsp3) is 0.467. The summed E-state index contributed by atoms with van der Waals surface area (Å²) < 4.78 is 2.07. The van der Waals surface area contributed by atoms with E-state index in [0.717, 1.165) is 43.4 Å². The van der Waals surface area contributed by atoms with Gasteiger partial charge in [-0.05, 0) is 25.5 Å². The van der Waals surface area contributed by atoms with Crippen molar-refractivity contribution in [2.75, 3.05) is 18.4 Å². The van der Waals surface area contributed by atoms with Crippen molar-refractivity contribution >= 4 is 5.82 Å². The minimum Gasteiger partial charge on any atom is -0.370 e. The molecule has 20 heavy (non-hydrogen) atoms. The normalized spacial score (nSPS) is 17.6. The molecular formula is C15H21N5. The van der Waals surface area contributed by atoms with Crippen LogP contribution >= 0.6 is 0 Å². The fourth-order valence-corrected chi connectivity index (χ4v) is 2.55. The molecule has 2 N–H and O–H groups in total. The van der Waals surface area contributed by atoms with Crippen LogP contribution in [0.2, 0.25) is 0 Å². The topological polar surface area (TPSA) is 54.8 Å². The molecule has 1 aliphatic heterocycles. The van der Waals surface area contributed by atoms with Gasteiger partial charge in [-0.15, -0.1) is 0 Å². The molecule has 2 aromatic heterocycles. The quantitative estimate of drug-likeness (QED) is 0.889. The average Bonchev–Trinajstić information content (AvgIpc) is 2.80. The molecule has 0 aromatic carbocycles. The molecule has 0 bridgehead atoms. The van der Waals surface area contributed by atoms with E-state index in [1.54, 1.807) is 0 Å². The first-order chi connectivity index (χ1) is 9.70. The van der Waals surface area contributed by atoms with E-state index in [2.05, 4.69) is 43.6 Å². The summed E-state index contributed by atoms with van der Waals surface area (Å²) in [5.41, 5.74) is 3.37. The lowest BCUT2D eigenvalue weighted by molar-refractivity contribution is 0.390. The molecule has 0 unspecified atom stereocenters. The lowest BCUT2D eigenvalue weighted by Crippen LogP contribution is -2.35. The maximum atomic E-state index is 4.49. The Morgan fingerprint density at radius 3 is 3.05 bits per heavy atom. The van der Waals surface area contributed by atoms with E-state index in [4.69, 9.17) is 0 Å². The molecule has 0 aliphatic carbocycles. The second-order valence-corrected chi connectivity index (χ2v) is 5.54. The summed E-state index contributed by atoms with van der Waals surface area (Å²) in [7, 11) is 0. The van der Waals surface area contributed by atoms with Crippen LogP contribution in [0, 0.1) is 19.8 Å². The summed E-state index contributed by atoms with van der Waals surface area (Å²) in [6.45, 7) is 7.88. The number of anilines is 1. The second kappa shape index (κ2) is 5.63. The Kier molecular flexibility index (Phi) is 3.69. The number of rotatable bonds is 4. The Bertz CT molecular complexity index is 572. The first kappa shape index (κ1) is 13.1. The van der Waals surface area contributed by atoms with Crippen LogP contribution in [-0.2, 0) is 13.1 Å². The highest BCUT2D eigenvalue weighted by atomic mass is 15.3. The molecule has 0 saturated carbocycles. The monoisotopic (exact) mass is 271 g/mol. The summed E-state index contributed by atoms with van der Waals surface area (Å²) >= 11 is 0. The Morgan fingerprint density at radius 1 is 1.35 bits per heavy atom. The zero-order valence-corrected chi connectivity index (χ0v) is 12.1. The summed E-state index contributed by atoms with van der Waals surface area (Å²) in [5.74, 6) is 1.71. The molecule has 1 atom stereocenters. The number of hydrogen-bond acceptors (Lipinski definition) is 4. The van der Waals surface area contributed by atoms with Gasteiger partial charge < -0.3 is 10.6 Å². The minimum absolute atomic E-state index is 0.570. The number of nitrogens with one attached hydrogen (secondary N) is 2. The van der Waals surface area contributed by atoms with Crippen molar-refractivity contribution in [1.29, 1.82) is 0 Å². The van der Waals surface area contributed by atoms with E-state index in [-0.39, 0.29) is 0 Å². The number of hydrogen-bond donors (Lipinski definition) is 2. The van der Waals surface area contributed by atoms with Gasteiger partial charge in [-0.2, -0.15) is 5.10 Å². The predicted octanol–water partition coefficient (Wildman–Crippen LogP) is 1.73. The van der Waals surface area contributed by atoms with Gasteiger partial charge in [0.15, 0.2) is 0 Å². The van der Waals surface area contributed by atoms with Crippen molar-refractivity contribution in [3.05, 3.63) is 41.3 Å². The van der Waals surface area contributed by atoms with E-state index in [1.165, 1.54) is 5.56 Å². The maximum Gasteiger partial charge on any atom is 0.124 e. The van der Waals surface area contributed by atoms with Crippen LogP contribution in [0.3, 0.4) is 0 Å². The third-order valence-electron chi connectivity index (χ3n) is 3.64. The van der Waals surface area contributed by atoms with E-state index in [1.807, 2.05) is 20.0 Å². The van der Waals surface area contributed by atoms with Crippen molar-refractivity contribution in [2.45, 2.75) is 26.9 Å². The van der Waals surface area contributed by atoms with Crippen molar-refractivity contribution < 1.29 is 0 Å². The van der Waals surface area contributed by atoms with Gasteiger partial charge in [-0.3, -0.25) is 4.98 Å². The molecule has 1 aliphatic rings. The summed E-state index contributed by atoms with van der Waals surface area (Å²) in [5, 5.41) is 11.4. The van der Waals surface area contributed by atoms with Gasteiger partial charge in [0.2, 0.25) is 0 Å². The molecule has 5 nitrogen and oxygen atoms in total. The van der Waals surface area contributed by atoms with Crippen LogP contribution in [-0.4, -0.2) is 27.9 Å². The number of pyridine rings is 1. The second-order valence-electron chi connectivity index (χ2n) is 5.54. The summed E-state index contributed by atoms with van der Waals surface area (Å²) in [4.78, 5) is 4.31. The summed E-state index contributed by atoms with van der Waals surface area (Å²) in [6, 6.07) is 6.28. The first-order valence-corrected chi connectivity index (χ1v) is 7.11. The number of fused-ring (bicyclic) bond motifs is 1. The Balaban J connectivity index is 1.49. The minimum atomic E-state index is 0.570. The van der Waals surface area contributed by atoms with Crippen molar-refractivity contribution in [2.24, 2.45) is 5.92 Å². The van der Waals surface area contributed by atoms with Crippen LogP contribution < -0.4 is 10.6 Å². The molecule has 5 heteroatoms. The van der Waals surface area contributed by atoms with Gasteiger partial charge in [-0.25, -0.2) is 4.68 Å². The molecule has 2 aromatic rings. The van der Waals surface area contributed by atoms with Crippen molar-refractivity contribution in [3.8, 4) is 0 Å². The fourth-order valence-electron chi connectivity index (χ4n) is 2.55. The molecule has 0 radical (unpaired) electrons. The highest BCUT2D eigenvalue weighted by Crippen LogP contribution is 2.17. The van der Waals surface area contributed by atoms with Gasteiger partial charge in [0.1, 0.15) is 5.82 Å². The van der Waals surface area contributed by atoms with Crippen LogP contribution in [0.1, 0.15) is 17.0 Å². The van der Waals surface area contributed by atoms with Crippen LogP contribution in [0.25, 0.3) is 0 Å². The van der Waals surface area contributed by atoms with Crippen molar-refractivity contribution in [1.82, 2.24) is 20.1 Å². The van der Waals surface area contributed by atoms with Crippen LogP contribution in [0.5, 0.6) is 0 Å². The lowest BCUT2D eigenvalue weighted by atomic mass is 10.1. The van der Waals surface area contributed by atoms with E-state index in [9.17, 15) is 0 Å². The number of nitrogens with zero attached hydrogens (tertiary/aromatic N) is 3. The van der Waals surface area contributed by atoms with Crippen molar-refractivity contribution in [3.63, 3.8) is 0 Å². The smallest absolute Gasteiger partial charge is 0.124 e. The Hall–Kier alpha value is -1.88. The predicted molar refractivity (Wildman–Crippen MR) is 79.6 cm³/mol. The molecule has 0 fully saturated rings. The zero-order chi connectivity index (χ0) is 13.9. The molecule has 0 amide bonds. The number of aryl methyl sites for hydroxylation is 2. The largest absolute Gasteiger partial charge is 0.370 e. The van der Waals surface area contributed by atoms with E-state index in [0.29, 0.717) is 5.92 Å². The average molecular weight is 271 g/mol. The molecule has 0 saturated heterocycles. The van der Waals surface area contributed by atoms with Gasteiger partial charge in [-0.1, -0.05) is 6.07 Å². The van der Waals surface area contributed by atoms with E-state index < -0.39 is 0 Å². The van der Waals surface area contributed by atoms with Gasteiger partial charge >= 0.3 is 0 Å². The molecular weight excluding hydrogens is 250 g/mol. The Labute approximate surface area is 119 Å². The molecule has 3 rings (SSSR count). The van der Waals surface area contributed by atoms with Crippen LogP contribution in [0.4, 0.5) is 5.82 Å². The highest BCUT2D eigenvalue weighted by Gasteiger charge is 2.18. The maximum absolute atomic E-state index is 4.49. The standard InChI is InChI=1S/C15H21N5/c1-11-3-4-13(8-17-11)6-16-7-14-9-18-15-5-12(2)19-20(15)10-14/h3-5,8,14,16,18H,6-7,9-10H2,1-2H3/t14-/m1/s1. The third kappa shape index (κ3) is 2.99. The zero-order valence-electron chi connectivity index (χ0n) is 12.1. The highest BCUT2D eigenvalue weighted by molar-refractivity contribution is 5.38. The summed E-state index contributed by atoms with van der Waals surface area (Å²) in [6.07, 6.45) is 1.94. The van der Waals surface area contributed by atoms with Gasteiger partial charge in [0.25, 0.3) is 0 Å². The number of aromatic nitrogens is 3. The Morgan fingerprint density at radius 2 is 2.25 bits per heavy atom. The SMILES string of the molecule is Cc1ccc(CNC[C@@H]2CNc3cc(C)nn3C2)cn1. The molecule has 106 valence electrons. The third-order valence-corrected chi connectivity index (χ3v) is 3.64. The molecule has 3 heterocycles. The van der Waals surface area contributed by atoms with Crippen LogP contribution in [0.15, 0.2) is 24.4 Å². The van der Waals surface area contributed by atoms with E-state index >= 15 is 0 Å². The first-order valence-electron chi connectivity index (χ1n) is 7.11. The molecule has 0 spiro atoms. The van der Waals surface area contributed by atoms with Gasteiger partial charge in [0.05, 0.1) is 5.69 Å². The van der Waals surface area contributed by atoms with Gasteiger partial charge in [0, 0.05) is 50.1 Å².